The Morgan fingerprint density at radius 3 is 2.30 bits per heavy atom. The van der Waals surface area contributed by atoms with Crippen LogP contribution < -0.4 is 9.47 Å². The third kappa shape index (κ3) is 5.50. The van der Waals surface area contributed by atoms with Crippen molar-refractivity contribution >= 4 is 23.5 Å². The highest BCUT2D eigenvalue weighted by molar-refractivity contribution is 6.30. The average Bonchev–Trinajstić information content (AvgIpc) is 3.14. The lowest BCUT2D eigenvalue weighted by Gasteiger charge is -2.06. The Labute approximate surface area is 163 Å². The Balaban J connectivity index is 1.54. The molecule has 1 aromatic heterocycles. The third-order valence-electron chi connectivity index (χ3n) is 3.73. The molecule has 0 saturated heterocycles. The summed E-state index contributed by atoms with van der Waals surface area (Å²) in [5.74, 6) is 2.67. The van der Waals surface area contributed by atoms with Gasteiger partial charge in [0.25, 0.3) is 0 Å². The van der Waals surface area contributed by atoms with Crippen molar-refractivity contribution in [2.75, 3.05) is 6.61 Å². The maximum Gasteiger partial charge on any atom is 0.185 e. The van der Waals surface area contributed by atoms with Gasteiger partial charge in [0, 0.05) is 10.6 Å². The fourth-order valence-electron chi connectivity index (χ4n) is 2.38. The molecule has 0 spiro atoms. The Bertz CT molecular complexity index is 908. The first-order chi connectivity index (χ1) is 13.1. The molecule has 0 fully saturated rings. The van der Waals surface area contributed by atoms with E-state index in [0.29, 0.717) is 35.3 Å². The summed E-state index contributed by atoms with van der Waals surface area (Å²) in [5, 5.41) is 0.596. The highest BCUT2D eigenvalue weighted by Gasteiger charge is 2.04. The summed E-state index contributed by atoms with van der Waals surface area (Å²) in [6.45, 7) is 2.87. The summed E-state index contributed by atoms with van der Waals surface area (Å²) in [5.41, 5.74) is 0.571. The van der Waals surface area contributed by atoms with Gasteiger partial charge in [-0.15, -0.1) is 0 Å². The van der Waals surface area contributed by atoms with Gasteiger partial charge in [-0.05, 0) is 79.7 Å². The van der Waals surface area contributed by atoms with E-state index < -0.39 is 0 Å². The van der Waals surface area contributed by atoms with Crippen LogP contribution in [-0.4, -0.2) is 12.4 Å². The van der Waals surface area contributed by atoms with Crippen LogP contribution in [0.2, 0.25) is 5.02 Å². The van der Waals surface area contributed by atoms with Gasteiger partial charge in [0.05, 0.1) is 6.61 Å². The molecule has 0 radical (unpaired) electrons. The van der Waals surface area contributed by atoms with Crippen molar-refractivity contribution in [3.05, 3.63) is 88.8 Å². The van der Waals surface area contributed by atoms with Crippen molar-refractivity contribution in [1.82, 2.24) is 0 Å². The highest BCUT2D eigenvalue weighted by Crippen LogP contribution is 2.19. The second-order valence-electron chi connectivity index (χ2n) is 5.70. The van der Waals surface area contributed by atoms with E-state index in [4.69, 9.17) is 25.5 Å². The molecule has 0 aliphatic rings. The summed E-state index contributed by atoms with van der Waals surface area (Å²) < 4.78 is 16.8. The van der Waals surface area contributed by atoms with Crippen LogP contribution in [0, 0.1) is 0 Å². The fraction of sp³-hybridized carbons (Fsp3) is 0.136. The van der Waals surface area contributed by atoms with E-state index in [1.165, 1.54) is 6.08 Å². The quantitative estimate of drug-likeness (QED) is 0.364. The van der Waals surface area contributed by atoms with Crippen molar-refractivity contribution < 1.29 is 18.7 Å². The molecule has 0 bridgehead atoms. The number of hydrogen-bond acceptors (Lipinski definition) is 4. The zero-order valence-electron chi connectivity index (χ0n) is 14.9. The SMILES string of the molecule is CCOc1ccc(OCc2ccc(/C=C/C(=O)c3ccc(Cl)cc3)o2)cc1. The third-order valence-corrected chi connectivity index (χ3v) is 3.98. The van der Waals surface area contributed by atoms with Gasteiger partial charge in [-0.3, -0.25) is 4.79 Å². The number of ketones is 1. The van der Waals surface area contributed by atoms with Crippen LogP contribution in [0.4, 0.5) is 0 Å². The topological polar surface area (TPSA) is 48.7 Å². The standard InChI is InChI=1S/C22H19ClO4/c1-2-25-18-7-9-19(10-8-18)26-15-21-12-11-20(27-21)13-14-22(24)16-3-5-17(23)6-4-16/h3-14H,2,15H2,1H3/b14-13+. The zero-order valence-corrected chi connectivity index (χ0v) is 15.6. The molecule has 4 nitrogen and oxygen atoms in total. The van der Waals surface area contributed by atoms with E-state index in [1.807, 2.05) is 37.3 Å². The van der Waals surface area contributed by atoms with Crippen molar-refractivity contribution in [2.45, 2.75) is 13.5 Å². The minimum Gasteiger partial charge on any atom is -0.494 e. The molecular weight excluding hydrogens is 364 g/mol. The van der Waals surface area contributed by atoms with Crippen molar-refractivity contribution in [3.63, 3.8) is 0 Å². The maximum atomic E-state index is 12.1. The number of hydrogen-bond donors (Lipinski definition) is 0. The predicted octanol–water partition coefficient (Wildman–Crippen LogP) is 5.81. The van der Waals surface area contributed by atoms with Gasteiger partial charge in [0.15, 0.2) is 5.78 Å². The number of furan rings is 1. The van der Waals surface area contributed by atoms with Crippen molar-refractivity contribution in [2.24, 2.45) is 0 Å². The van der Waals surface area contributed by atoms with E-state index in [1.54, 1.807) is 36.4 Å². The molecular formula is C22H19ClO4. The van der Waals surface area contributed by atoms with Crippen LogP contribution in [0.15, 0.2) is 71.2 Å². The summed E-state index contributed by atoms with van der Waals surface area (Å²) in [6.07, 6.45) is 3.11. The van der Waals surface area contributed by atoms with Gasteiger partial charge in [0.1, 0.15) is 29.6 Å². The van der Waals surface area contributed by atoms with Gasteiger partial charge >= 0.3 is 0 Å². The molecule has 3 aromatic rings. The van der Waals surface area contributed by atoms with E-state index in [9.17, 15) is 4.79 Å². The maximum absolute atomic E-state index is 12.1. The number of allylic oxidation sites excluding steroid dienone is 1. The van der Waals surface area contributed by atoms with Crippen LogP contribution in [-0.2, 0) is 6.61 Å². The summed E-state index contributed by atoms with van der Waals surface area (Å²) in [6, 6.07) is 17.8. The Morgan fingerprint density at radius 1 is 0.963 bits per heavy atom. The number of ether oxygens (including phenoxy) is 2. The highest BCUT2D eigenvalue weighted by atomic mass is 35.5. The molecule has 0 N–H and O–H groups in total. The van der Waals surface area contributed by atoms with Crippen LogP contribution in [0.25, 0.3) is 6.08 Å². The number of halogens is 1. The Hall–Kier alpha value is -2.98. The monoisotopic (exact) mass is 382 g/mol. The van der Waals surface area contributed by atoms with E-state index in [-0.39, 0.29) is 5.78 Å². The van der Waals surface area contributed by atoms with Crippen molar-refractivity contribution in [3.8, 4) is 11.5 Å². The lowest BCUT2D eigenvalue weighted by Crippen LogP contribution is -1.94. The summed E-state index contributed by atoms with van der Waals surface area (Å²) in [4.78, 5) is 12.1. The first-order valence-electron chi connectivity index (χ1n) is 8.56. The number of rotatable bonds is 8. The minimum absolute atomic E-state index is 0.116. The molecule has 2 aromatic carbocycles. The van der Waals surface area contributed by atoms with Gasteiger partial charge in [-0.1, -0.05) is 11.6 Å². The minimum atomic E-state index is -0.116. The molecule has 138 valence electrons. The average molecular weight is 383 g/mol. The lowest BCUT2D eigenvalue weighted by atomic mass is 10.1. The Morgan fingerprint density at radius 2 is 1.63 bits per heavy atom. The first kappa shape index (κ1) is 18.8. The Kier molecular flexibility index (Phi) is 6.34. The van der Waals surface area contributed by atoms with Gasteiger partial charge < -0.3 is 13.9 Å². The van der Waals surface area contributed by atoms with E-state index >= 15 is 0 Å². The first-order valence-corrected chi connectivity index (χ1v) is 8.94. The molecule has 1 heterocycles. The zero-order chi connectivity index (χ0) is 19.1. The second-order valence-corrected chi connectivity index (χ2v) is 6.14. The summed E-state index contributed by atoms with van der Waals surface area (Å²) in [7, 11) is 0. The van der Waals surface area contributed by atoms with E-state index in [0.717, 1.165) is 11.5 Å². The van der Waals surface area contributed by atoms with Crippen LogP contribution in [0.5, 0.6) is 11.5 Å². The van der Waals surface area contributed by atoms with Gasteiger partial charge in [-0.25, -0.2) is 0 Å². The smallest absolute Gasteiger partial charge is 0.185 e. The molecule has 0 amide bonds. The fourth-order valence-corrected chi connectivity index (χ4v) is 2.51. The predicted molar refractivity (Wildman–Crippen MR) is 105 cm³/mol. The van der Waals surface area contributed by atoms with Gasteiger partial charge in [0.2, 0.25) is 0 Å². The molecule has 0 unspecified atom stereocenters. The van der Waals surface area contributed by atoms with Crippen molar-refractivity contribution in [1.29, 1.82) is 0 Å². The molecule has 0 aliphatic heterocycles. The van der Waals surface area contributed by atoms with Gasteiger partial charge in [-0.2, -0.15) is 0 Å². The van der Waals surface area contributed by atoms with Crippen LogP contribution in [0.3, 0.4) is 0 Å². The number of benzene rings is 2. The second kappa shape index (κ2) is 9.10. The van der Waals surface area contributed by atoms with Crippen LogP contribution in [0.1, 0.15) is 28.8 Å². The van der Waals surface area contributed by atoms with E-state index in [2.05, 4.69) is 0 Å². The molecule has 0 saturated carbocycles. The molecule has 5 heteroatoms. The normalized spacial score (nSPS) is 10.9. The van der Waals surface area contributed by atoms with Crippen LogP contribution >= 0.6 is 11.6 Å². The largest absolute Gasteiger partial charge is 0.494 e. The lowest BCUT2D eigenvalue weighted by molar-refractivity contribution is 0.104. The summed E-state index contributed by atoms with van der Waals surface area (Å²) >= 11 is 5.83. The molecule has 0 atom stereocenters. The molecule has 27 heavy (non-hydrogen) atoms. The molecule has 3 rings (SSSR count). The number of carbonyl (C=O) groups is 1. The molecule has 0 aliphatic carbocycles. The number of carbonyl (C=O) groups excluding carboxylic acids is 1.